The highest BCUT2D eigenvalue weighted by molar-refractivity contribution is 9.10. The van der Waals surface area contributed by atoms with Crippen LogP contribution in [0.25, 0.3) is 0 Å². The van der Waals surface area contributed by atoms with Crippen molar-refractivity contribution in [3.63, 3.8) is 0 Å². The first-order valence-electron chi connectivity index (χ1n) is 6.87. The van der Waals surface area contributed by atoms with Crippen LogP contribution in [0.15, 0.2) is 27.6 Å². The fourth-order valence-corrected chi connectivity index (χ4v) is 4.89. The van der Waals surface area contributed by atoms with Gasteiger partial charge in [0.05, 0.1) is 4.90 Å². The van der Waals surface area contributed by atoms with E-state index in [2.05, 4.69) is 22.9 Å². The molecule has 0 aliphatic heterocycles. The molecule has 0 amide bonds. The lowest BCUT2D eigenvalue weighted by molar-refractivity contribution is 0.213. The van der Waals surface area contributed by atoms with Crippen LogP contribution < -0.4 is 5.73 Å². The molecule has 0 bridgehead atoms. The number of halogens is 1. The van der Waals surface area contributed by atoms with Gasteiger partial charge in [-0.05, 0) is 52.9 Å². The van der Waals surface area contributed by atoms with Gasteiger partial charge >= 0.3 is 0 Å². The van der Waals surface area contributed by atoms with Gasteiger partial charge in [0.25, 0.3) is 0 Å². The third-order valence-electron chi connectivity index (χ3n) is 4.18. The zero-order valence-corrected chi connectivity index (χ0v) is 14.2. The van der Waals surface area contributed by atoms with Crippen molar-refractivity contribution in [1.29, 1.82) is 0 Å². The molecule has 2 N–H and O–H groups in total. The van der Waals surface area contributed by atoms with Crippen LogP contribution in [-0.4, -0.2) is 25.8 Å². The summed E-state index contributed by atoms with van der Waals surface area (Å²) in [4.78, 5) is 0.291. The van der Waals surface area contributed by atoms with Crippen molar-refractivity contribution < 1.29 is 8.42 Å². The van der Waals surface area contributed by atoms with E-state index in [1.165, 1.54) is 10.7 Å². The molecule has 1 aromatic carbocycles. The van der Waals surface area contributed by atoms with E-state index in [0.29, 0.717) is 21.0 Å². The van der Waals surface area contributed by atoms with Gasteiger partial charge in [-0.2, -0.15) is 4.31 Å². The number of nitrogen functional groups attached to an aromatic ring is 1. The average molecular weight is 361 g/mol. The van der Waals surface area contributed by atoms with E-state index >= 15 is 0 Å². The second-order valence-electron chi connectivity index (χ2n) is 5.53. The van der Waals surface area contributed by atoms with Crippen LogP contribution in [0.3, 0.4) is 0 Å². The fourth-order valence-electron chi connectivity index (χ4n) is 2.85. The summed E-state index contributed by atoms with van der Waals surface area (Å²) >= 11 is 3.29. The maximum absolute atomic E-state index is 12.7. The van der Waals surface area contributed by atoms with Crippen molar-refractivity contribution in [3.8, 4) is 0 Å². The second kappa shape index (κ2) is 6.03. The Kier molecular flexibility index (Phi) is 4.76. The lowest BCUT2D eigenvalue weighted by Gasteiger charge is -2.35. The normalized spacial score (nSPS) is 24.0. The highest BCUT2D eigenvalue weighted by atomic mass is 79.9. The first-order valence-corrected chi connectivity index (χ1v) is 9.10. The van der Waals surface area contributed by atoms with Gasteiger partial charge in [0.1, 0.15) is 0 Å². The molecular weight excluding hydrogens is 340 g/mol. The van der Waals surface area contributed by atoms with Gasteiger partial charge in [-0.15, -0.1) is 0 Å². The van der Waals surface area contributed by atoms with Crippen LogP contribution in [0, 0.1) is 5.92 Å². The first kappa shape index (κ1) is 15.8. The van der Waals surface area contributed by atoms with Crippen LogP contribution in [0.1, 0.15) is 32.6 Å². The summed E-state index contributed by atoms with van der Waals surface area (Å²) in [6.07, 6.45) is 4.32. The number of hydrogen-bond donors (Lipinski definition) is 1. The number of benzene rings is 1. The Hall–Kier alpha value is -0.590. The molecule has 4 nitrogen and oxygen atoms in total. The second-order valence-corrected chi connectivity index (χ2v) is 8.39. The summed E-state index contributed by atoms with van der Waals surface area (Å²) in [5, 5.41) is 0. The van der Waals surface area contributed by atoms with Crippen molar-refractivity contribution in [2.45, 2.75) is 43.5 Å². The predicted octanol–water partition coefficient (Wildman–Crippen LogP) is 3.23. The van der Waals surface area contributed by atoms with E-state index < -0.39 is 10.0 Å². The monoisotopic (exact) mass is 360 g/mol. The molecule has 2 rings (SSSR count). The van der Waals surface area contributed by atoms with E-state index in [4.69, 9.17) is 5.73 Å². The van der Waals surface area contributed by atoms with E-state index in [1.807, 2.05) is 0 Å². The molecule has 1 aliphatic carbocycles. The molecule has 0 aromatic heterocycles. The van der Waals surface area contributed by atoms with Gasteiger partial charge in [-0.25, -0.2) is 8.42 Å². The van der Waals surface area contributed by atoms with Crippen LogP contribution >= 0.6 is 15.9 Å². The minimum Gasteiger partial charge on any atom is -0.398 e. The van der Waals surface area contributed by atoms with E-state index in [-0.39, 0.29) is 6.04 Å². The molecule has 1 saturated carbocycles. The van der Waals surface area contributed by atoms with Gasteiger partial charge in [0.15, 0.2) is 0 Å². The summed E-state index contributed by atoms with van der Waals surface area (Å²) < 4.78 is 27.6. The molecule has 1 aromatic rings. The topological polar surface area (TPSA) is 63.4 Å². The minimum absolute atomic E-state index is 0.0880. The summed E-state index contributed by atoms with van der Waals surface area (Å²) in [6, 6.07) is 4.86. The Bertz CT molecular complexity index is 589. The van der Waals surface area contributed by atoms with Gasteiger partial charge in [-0.1, -0.05) is 19.8 Å². The standard InChI is InChI=1S/C14H21BrN2O2S/c1-10-5-3-4-6-14(10)17(2)20(18,19)11-7-8-13(16)12(15)9-11/h7-10,14H,3-6,16H2,1-2H3. The van der Waals surface area contributed by atoms with Crippen molar-refractivity contribution in [3.05, 3.63) is 22.7 Å². The molecule has 0 spiro atoms. The number of nitrogens with two attached hydrogens (primary N) is 1. The number of anilines is 1. The predicted molar refractivity (Wildman–Crippen MR) is 84.9 cm³/mol. The largest absolute Gasteiger partial charge is 0.398 e. The van der Waals surface area contributed by atoms with Gasteiger partial charge < -0.3 is 5.73 Å². The summed E-state index contributed by atoms with van der Waals surface area (Å²) in [7, 11) is -1.78. The molecule has 0 heterocycles. The Morgan fingerprint density at radius 1 is 1.30 bits per heavy atom. The molecule has 0 saturated heterocycles. The Morgan fingerprint density at radius 3 is 2.55 bits per heavy atom. The number of sulfonamides is 1. The van der Waals surface area contributed by atoms with Gasteiger partial charge in [-0.3, -0.25) is 0 Å². The van der Waals surface area contributed by atoms with Crippen LogP contribution in [0.4, 0.5) is 5.69 Å². The molecule has 20 heavy (non-hydrogen) atoms. The molecule has 0 radical (unpaired) electrons. The molecular formula is C14H21BrN2O2S. The fraction of sp³-hybridized carbons (Fsp3) is 0.571. The van der Waals surface area contributed by atoms with Gasteiger partial charge in [0, 0.05) is 23.2 Å². The maximum Gasteiger partial charge on any atom is 0.243 e. The SMILES string of the molecule is CC1CCCCC1N(C)S(=O)(=O)c1ccc(N)c(Br)c1. The summed E-state index contributed by atoms with van der Waals surface area (Å²) in [5.41, 5.74) is 6.26. The highest BCUT2D eigenvalue weighted by Crippen LogP contribution is 2.32. The van der Waals surface area contributed by atoms with E-state index in [1.54, 1.807) is 25.2 Å². The zero-order valence-electron chi connectivity index (χ0n) is 11.8. The minimum atomic E-state index is -3.46. The van der Waals surface area contributed by atoms with Crippen LogP contribution in [-0.2, 0) is 10.0 Å². The van der Waals surface area contributed by atoms with E-state index in [9.17, 15) is 8.42 Å². The molecule has 1 fully saturated rings. The number of nitrogens with zero attached hydrogens (tertiary/aromatic N) is 1. The molecule has 1 aliphatic rings. The first-order chi connectivity index (χ1) is 9.34. The Morgan fingerprint density at radius 2 is 1.95 bits per heavy atom. The van der Waals surface area contributed by atoms with Crippen LogP contribution in [0.5, 0.6) is 0 Å². The molecule has 2 atom stereocenters. The van der Waals surface area contributed by atoms with Crippen LogP contribution in [0.2, 0.25) is 0 Å². The quantitative estimate of drug-likeness (QED) is 0.841. The molecule has 6 heteroatoms. The highest BCUT2D eigenvalue weighted by Gasteiger charge is 2.33. The van der Waals surface area contributed by atoms with E-state index in [0.717, 1.165) is 19.3 Å². The molecule has 2 unspecified atom stereocenters. The molecule has 112 valence electrons. The summed E-state index contributed by atoms with van der Waals surface area (Å²) in [5.74, 6) is 0.403. The number of rotatable bonds is 3. The van der Waals surface area contributed by atoms with Crippen molar-refractivity contribution in [1.82, 2.24) is 4.31 Å². The van der Waals surface area contributed by atoms with Gasteiger partial charge in [0.2, 0.25) is 10.0 Å². The smallest absolute Gasteiger partial charge is 0.243 e. The third kappa shape index (κ3) is 3.02. The lowest BCUT2D eigenvalue weighted by Crippen LogP contribution is -2.42. The summed E-state index contributed by atoms with van der Waals surface area (Å²) in [6.45, 7) is 2.13. The Balaban J connectivity index is 2.31. The third-order valence-corrected chi connectivity index (χ3v) is 6.75. The Labute approximate surface area is 129 Å². The maximum atomic E-state index is 12.7. The van der Waals surface area contributed by atoms with Crippen molar-refractivity contribution >= 4 is 31.6 Å². The zero-order chi connectivity index (χ0) is 14.9. The lowest BCUT2D eigenvalue weighted by atomic mass is 9.86. The number of hydrogen-bond acceptors (Lipinski definition) is 3. The average Bonchev–Trinajstić information content (AvgIpc) is 2.41. The van der Waals surface area contributed by atoms with Crippen molar-refractivity contribution in [2.75, 3.05) is 12.8 Å². The van der Waals surface area contributed by atoms with Crippen molar-refractivity contribution in [2.24, 2.45) is 5.92 Å².